The highest BCUT2D eigenvalue weighted by Gasteiger charge is 2.18. The fourth-order valence-corrected chi connectivity index (χ4v) is 3.21. The Morgan fingerprint density at radius 2 is 2.04 bits per heavy atom. The first-order valence-corrected chi connectivity index (χ1v) is 8.34. The molecule has 0 spiro atoms. The number of methoxy groups -OCH3 is 1. The molecule has 1 aromatic heterocycles. The summed E-state index contributed by atoms with van der Waals surface area (Å²) >= 11 is 3.43. The summed E-state index contributed by atoms with van der Waals surface area (Å²) in [6.07, 6.45) is -0.170. The minimum atomic E-state index is -0.949. The van der Waals surface area contributed by atoms with Crippen molar-refractivity contribution in [1.29, 1.82) is 0 Å². The Balaban J connectivity index is 2.32. The van der Waals surface area contributed by atoms with E-state index in [0.29, 0.717) is 16.8 Å². The molecule has 0 atom stereocenters. The first-order chi connectivity index (χ1) is 11.9. The zero-order valence-electron chi connectivity index (χ0n) is 13.6. The molecule has 128 valence electrons. The monoisotopic (exact) mass is 403 g/mol. The molecule has 0 saturated heterocycles. The van der Waals surface area contributed by atoms with Crippen LogP contribution in [0.1, 0.15) is 11.1 Å². The molecule has 0 aliphatic heterocycles. The number of aryl methyl sites for hydroxylation is 1. The van der Waals surface area contributed by atoms with E-state index in [1.807, 2.05) is 25.1 Å². The number of rotatable bonds is 4. The number of carboxylic acid groups (broad SMARTS) is 1. The molecule has 2 aromatic carbocycles. The highest BCUT2D eigenvalue weighted by Crippen LogP contribution is 2.33. The van der Waals surface area contributed by atoms with Crippen LogP contribution in [0.5, 0.6) is 5.75 Å². The van der Waals surface area contributed by atoms with Gasteiger partial charge in [-0.15, -0.1) is 0 Å². The van der Waals surface area contributed by atoms with E-state index in [1.165, 1.54) is 19.2 Å². The number of pyridine rings is 1. The summed E-state index contributed by atoms with van der Waals surface area (Å²) in [5, 5.41) is 10.2. The second kappa shape index (κ2) is 6.80. The number of halogens is 2. The molecule has 3 rings (SSSR count). The van der Waals surface area contributed by atoms with Gasteiger partial charge in [0.15, 0.2) is 11.6 Å². The largest absolute Gasteiger partial charge is 0.494 e. The number of carbonyl (C=O) groups is 1. The number of nitrogens with zero attached hydrogens (tertiary/aromatic N) is 1. The molecular formula is C19H15BrFNO3. The van der Waals surface area contributed by atoms with E-state index in [-0.39, 0.29) is 12.2 Å². The van der Waals surface area contributed by atoms with Crippen molar-refractivity contribution in [3.8, 4) is 17.0 Å². The Morgan fingerprint density at radius 1 is 1.28 bits per heavy atom. The van der Waals surface area contributed by atoms with Gasteiger partial charge >= 0.3 is 5.97 Å². The van der Waals surface area contributed by atoms with Gasteiger partial charge < -0.3 is 9.84 Å². The Labute approximate surface area is 152 Å². The molecule has 3 aromatic rings. The fourth-order valence-electron chi connectivity index (χ4n) is 2.85. The van der Waals surface area contributed by atoms with Crippen molar-refractivity contribution in [3.63, 3.8) is 0 Å². The first-order valence-electron chi connectivity index (χ1n) is 7.55. The third-order valence-corrected chi connectivity index (χ3v) is 4.58. The van der Waals surface area contributed by atoms with Gasteiger partial charge in [-0.2, -0.15) is 0 Å². The van der Waals surface area contributed by atoms with Gasteiger partial charge in [-0.1, -0.05) is 15.9 Å². The molecule has 25 heavy (non-hydrogen) atoms. The van der Waals surface area contributed by atoms with Crippen molar-refractivity contribution < 1.29 is 19.0 Å². The number of aromatic nitrogens is 1. The van der Waals surface area contributed by atoms with Crippen molar-refractivity contribution in [2.45, 2.75) is 13.3 Å². The van der Waals surface area contributed by atoms with Crippen LogP contribution >= 0.6 is 15.9 Å². The van der Waals surface area contributed by atoms with Crippen molar-refractivity contribution in [2.75, 3.05) is 7.11 Å². The maximum atomic E-state index is 13.7. The lowest BCUT2D eigenvalue weighted by atomic mass is 9.95. The molecule has 0 fully saturated rings. The molecule has 1 N–H and O–H groups in total. The second-order valence-corrected chi connectivity index (χ2v) is 6.56. The van der Waals surface area contributed by atoms with E-state index in [0.717, 1.165) is 20.9 Å². The Kier molecular flexibility index (Phi) is 4.72. The highest BCUT2D eigenvalue weighted by atomic mass is 79.9. The Morgan fingerprint density at radius 3 is 2.72 bits per heavy atom. The average Bonchev–Trinajstić information content (AvgIpc) is 2.58. The van der Waals surface area contributed by atoms with E-state index < -0.39 is 11.8 Å². The lowest BCUT2D eigenvalue weighted by Crippen LogP contribution is -2.06. The molecular weight excluding hydrogens is 389 g/mol. The van der Waals surface area contributed by atoms with Crippen molar-refractivity contribution >= 4 is 32.8 Å². The molecule has 0 radical (unpaired) electrons. The maximum Gasteiger partial charge on any atom is 0.307 e. The van der Waals surface area contributed by atoms with Crippen molar-refractivity contribution in [1.82, 2.24) is 4.98 Å². The van der Waals surface area contributed by atoms with Crippen LogP contribution in [0.2, 0.25) is 0 Å². The minimum absolute atomic E-state index is 0.0918. The SMILES string of the molecule is COc1cc(-c2nc3ccc(Br)cc3c(C)c2CC(=O)O)ccc1F. The fraction of sp³-hybridized carbons (Fsp3) is 0.158. The summed E-state index contributed by atoms with van der Waals surface area (Å²) in [5.74, 6) is -1.34. The van der Waals surface area contributed by atoms with Crippen LogP contribution < -0.4 is 4.74 Å². The normalized spacial score (nSPS) is 10.9. The third kappa shape index (κ3) is 3.35. The second-order valence-electron chi connectivity index (χ2n) is 5.65. The van der Waals surface area contributed by atoms with Gasteiger partial charge in [0.2, 0.25) is 0 Å². The topological polar surface area (TPSA) is 59.4 Å². The number of hydrogen-bond acceptors (Lipinski definition) is 3. The highest BCUT2D eigenvalue weighted by molar-refractivity contribution is 9.10. The molecule has 1 heterocycles. The Hall–Kier alpha value is -2.47. The average molecular weight is 404 g/mol. The van der Waals surface area contributed by atoms with E-state index in [4.69, 9.17) is 4.74 Å². The van der Waals surface area contributed by atoms with Crippen LogP contribution in [-0.2, 0) is 11.2 Å². The number of hydrogen-bond donors (Lipinski definition) is 1. The van der Waals surface area contributed by atoms with E-state index in [2.05, 4.69) is 20.9 Å². The molecule has 0 bridgehead atoms. The number of aliphatic carboxylic acids is 1. The maximum absolute atomic E-state index is 13.7. The summed E-state index contributed by atoms with van der Waals surface area (Å²) in [6.45, 7) is 1.87. The van der Waals surface area contributed by atoms with Gasteiger partial charge in [-0.25, -0.2) is 9.37 Å². The number of benzene rings is 2. The van der Waals surface area contributed by atoms with E-state index in [9.17, 15) is 14.3 Å². The minimum Gasteiger partial charge on any atom is -0.494 e. The lowest BCUT2D eigenvalue weighted by molar-refractivity contribution is -0.136. The predicted molar refractivity (Wildman–Crippen MR) is 97.5 cm³/mol. The van der Waals surface area contributed by atoms with Crippen molar-refractivity contribution in [2.24, 2.45) is 0 Å². The lowest BCUT2D eigenvalue weighted by Gasteiger charge is -2.15. The summed E-state index contributed by atoms with van der Waals surface area (Å²) in [7, 11) is 1.39. The van der Waals surface area contributed by atoms with Crippen LogP contribution in [0.3, 0.4) is 0 Å². The van der Waals surface area contributed by atoms with Gasteiger partial charge in [0.1, 0.15) is 0 Å². The quantitative estimate of drug-likeness (QED) is 0.682. The van der Waals surface area contributed by atoms with Crippen LogP contribution in [0, 0.1) is 12.7 Å². The zero-order chi connectivity index (χ0) is 18.1. The van der Waals surface area contributed by atoms with E-state index in [1.54, 1.807) is 6.07 Å². The van der Waals surface area contributed by atoms with Crippen LogP contribution in [0.15, 0.2) is 40.9 Å². The predicted octanol–water partition coefficient (Wildman–Crippen LogP) is 4.75. The van der Waals surface area contributed by atoms with E-state index >= 15 is 0 Å². The van der Waals surface area contributed by atoms with Crippen LogP contribution in [-0.4, -0.2) is 23.2 Å². The van der Waals surface area contributed by atoms with Gasteiger partial charge in [0, 0.05) is 15.4 Å². The molecule has 0 amide bonds. The summed E-state index contributed by atoms with van der Waals surface area (Å²) < 4.78 is 19.7. The molecule has 0 aliphatic rings. The van der Waals surface area contributed by atoms with Gasteiger partial charge in [-0.05, 0) is 54.4 Å². The number of ether oxygens (including phenoxy) is 1. The first kappa shape index (κ1) is 17.4. The third-order valence-electron chi connectivity index (χ3n) is 4.09. The van der Waals surface area contributed by atoms with Gasteiger partial charge in [0.25, 0.3) is 0 Å². The molecule has 0 aliphatic carbocycles. The summed E-state index contributed by atoms with van der Waals surface area (Å²) in [5.41, 5.74) is 3.32. The zero-order valence-corrected chi connectivity index (χ0v) is 15.2. The Bertz CT molecular complexity index is 988. The van der Waals surface area contributed by atoms with Crippen LogP contribution in [0.25, 0.3) is 22.2 Å². The van der Waals surface area contributed by atoms with Gasteiger partial charge in [0.05, 0.1) is 24.7 Å². The number of fused-ring (bicyclic) bond motifs is 1. The molecule has 6 heteroatoms. The molecule has 4 nitrogen and oxygen atoms in total. The summed E-state index contributed by atoms with van der Waals surface area (Å²) in [4.78, 5) is 16.0. The standard InChI is InChI=1S/C19H15BrFNO3/c1-10-13-8-12(20)4-6-16(13)22-19(14(10)9-18(23)24)11-3-5-15(21)17(7-11)25-2/h3-8H,9H2,1-2H3,(H,23,24). The number of carboxylic acids is 1. The summed E-state index contributed by atoms with van der Waals surface area (Å²) in [6, 6.07) is 10.1. The molecule has 0 unspecified atom stereocenters. The smallest absolute Gasteiger partial charge is 0.307 e. The van der Waals surface area contributed by atoms with Gasteiger partial charge in [-0.3, -0.25) is 4.79 Å². The van der Waals surface area contributed by atoms with Crippen molar-refractivity contribution in [3.05, 3.63) is 57.8 Å². The van der Waals surface area contributed by atoms with Crippen LogP contribution in [0.4, 0.5) is 4.39 Å². The molecule has 0 saturated carbocycles.